The quantitative estimate of drug-likeness (QED) is 0.814. The Morgan fingerprint density at radius 1 is 1.05 bits per heavy atom. The van der Waals surface area contributed by atoms with Gasteiger partial charge >= 0.3 is 7.12 Å². The summed E-state index contributed by atoms with van der Waals surface area (Å²) in [6, 6.07) is 8.12. The molecule has 116 valence electrons. The van der Waals surface area contributed by atoms with E-state index in [1.807, 2.05) is 18.2 Å². The van der Waals surface area contributed by atoms with Gasteiger partial charge in [-0.05, 0) is 38.7 Å². The molecule has 1 aromatic carbocycles. The van der Waals surface area contributed by atoms with Gasteiger partial charge in [0.1, 0.15) is 0 Å². The number of nitrogens with zero attached hydrogens (tertiary/aromatic N) is 2. The summed E-state index contributed by atoms with van der Waals surface area (Å²) in [5, 5.41) is 7.89. The van der Waals surface area contributed by atoms with Crippen LogP contribution in [0.3, 0.4) is 0 Å². The summed E-state index contributed by atoms with van der Waals surface area (Å²) < 4.78 is 17.6. The third-order valence-electron chi connectivity index (χ3n) is 4.40. The molecule has 1 aliphatic rings. The molecule has 0 atom stereocenters. The maximum Gasteiger partial charge on any atom is 0.494 e. The first-order chi connectivity index (χ1) is 10.3. The molecule has 0 radical (unpaired) electrons. The standard InChI is InChI=1S/C16H21BN2O3/c1-11-18-19-14(20-11)10-12-7-6-8-13(9-12)17-21-15(2,3)16(4,5)22-17/h6-9H,10H2,1-5H3. The van der Waals surface area contributed by atoms with E-state index in [0.29, 0.717) is 18.2 Å². The topological polar surface area (TPSA) is 57.4 Å². The van der Waals surface area contributed by atoms with Crippen LogP contribution in [0, 0.1) is 6.92 Å². The second-order valence-corrected chi connectivity index (χ2v) is 6.72. The largest absolute Gasteiger partial charge is 0.494 e. The summed E-state index contributed by atoms with van der Waals surface area (Å²) in [5.74, 6) is 1.20. The van der Waals surface area contributed by atoms with Crippen LogP contribution >= 0.6 is 0 Å². The van der Waals surface area contributed by atoms with Crippen molar-refractivity contribution < 1.29 is 13.7 Å². The molecular formula is C16H21BN2O3. The summed E-state index contributed by atoms with van der Waals surface area (Å²) in [7, 11) is -0.352. The molecule has 2 heterocycles. The van der Waals surface area contributed by atoms with E-state index < -0.39 is 0 Å². The molecule has 1 aromatic heterocycles. The highest BCUT2D eigenvalue weighted by Gasteiger charge is 2.51. The average molecular weight is 300 g/mol. The van der Waals surface area contributed by atoms with Gasteiger partial charge in [-0.3, -0.25) is 0 Å². The number of rotatable bonds is 3. The minimum atomic E-state index is -0.352. The van der Waals surface area contributed by atoms with Crippen molar-refractivity contribution in [3.8, 4) is 0 Å². The smallest absolute Gasteiger partial charge is 0.425 e. The van der Waals surface area contributed by atoms with Gasteiger partial charge in [0, 0.05) is 6.92 Å². The highest BCUT2D eigenvalue weighted by molar-refractivity contribution is 6.62. The fraction of sp³-hybridized carbons (Fsp3) is 0.500. The van der Waals surface area contributed by atoms with Crippen LogP contribution in [0.4, 0.5) is 0 Å². The van der Waals surface area contributed by atoms with Gasteiger partial charge in [-0.2, -0.15) is 0 Å². The van der Waals surface area contributed by atoms with E-state index in [1.165, 1.54) is 0 Å². The normalized spacial score (nSPS) is 19.6. The van der Waals surface area contributed by atoms with Crippen molar-refractivity contribution in [3.63, 3.8) is 0 Å². The molecule has 3 rings (SSSR count). The summed E-state index contributed by atoms with van der Waals surface area (Å²) >= 11 is 0. The molecule has 0 spiro atoms. The zero-order valence-electron chi connectivity index (χ0n) is 13.7. The third-order valence-corrected chi connectivity index (χ3v) is 4.40. The Morgan fingerprint density at radius 3 is 2.32 bits per heavy atom. The highest BCUT2D eigenvalue weighted by atomic mass is 16.7. The van der Waals surface area contributed by atoms with Crippen molar-refractivity contribution in [2.45, 2.75) is 52.2 Å². The van der Waals surface area contributed by atoms with Crippen molar-refractivity contribution >= 4 is 12.6 Å². The van der Waals surface area contributed by atoms with Gasteiger partial charge < -0.3 is 13.7 Å². The van der Waals surface area contributed by atoms with Crippen LogP contribution in [-0.4, -0.2) is 28.5 Å². The lowest BCUT2D eigenvalue weighted by molar-refractivity contribution is 0.00578. The zero-order chi connectivity index (χ0) is 16.0. The predicted molar refractivity (Wildman–Crippen MR) is 84.0 cm³/mol. The van der Waals surface area contributed by atoms with Crippen LogP contribution < -0.4 is 5.46 Å². The van der Waals surface area contributed by atoms with E-state index in [2.05, 4.69) is 44.0 Å². The lowest BCUT2D eigenvalue weighted by Gasteiger charge is -2.32. The molecule has 0 saturated carbocycles. The van der Waals surface area contributed by atoms with Crippen molar-refractivity contribution in [3.05, 3.63) is 41.6 Å². The summed E-state index contributed by atoms with van der Waals surface area (Å²) in [6.07, 6.45) is 0.605. The van der Waals surface area contributed by atoms with E-state index in [-0.39, 0.29) is 18.3 Å². The number of hydrogen-bond acceptors (Lipinski definition) is 5. The van der Waals surface area contributed by atoms with Gasteiger partial charge in [0.05, 0.1) is 17.6 Å². The SMILES string of the molecule is Cc1nnc(Cc2cccc(B3OC(C)(C)C(C)(C)O3)c2)o1. The van der Waals surface area contributed by atoms with Gasteiger partial charge in [-0.15, -0.1) is 10.2 Å². The molecule has 0 bridgehead atoms. The number of aryl methyl sites for hydroxylation is 1. The minimum absolute atomic E-state index is 0.336. The van der Waals surface area contributed by atoms with E-state index >= 15 is 0 Å². The Bertz CT molecular complexity index is 666. The Labute approximate surface area is 131 Å². The van der Waals surface area contributed by atoms with Crippen molar-refractivity contribution in [2.24, 2.45) is 0 Å². The Morgan fingerprint density at radius 2 is 1.73 bits per heavy atom. The van der Waals surface area contributed by atoms with Crippen LogP contribution in [-0.2, 0) is 15.7 Å². The molecule has 0 unspecified atom stereocenters. The molecule has 2 aromatic rings. The van der Waals surface area contributed by atoms with E-state index in [4.69, 9.17) is 13.7 Å². The molecule has 6 heteroatoms. The monoisotopic (exact) mass is 300 g/mol. The average Bonchev–Trinajstić information content (AvgIpc) is 2.91. The molecule has 22 heavy (non-hydrogen) atoms. The maximum atomic E-state index is 6.09. The fourth-order valence-electron chi connectivity index (χ4n) is 2.41. The minimum Gasteiger partial charge on any atom is -0.425 e. The molecule has 5 nitrogen and oxygen atoms in total. The first-order valence-electron chi connectivity index (χ1n) is 7.50. The van der Waals surface area contributed by atoms with Crippen LogP contribution in [0.1, 0.15) is 45.0 Å². The highest BCUT2D eigenvalue weighted by Crippen LogP contribution is 2.36. The van der Waals surface area contributed by atoms with E-state index in [1.54, 1.807) is 6.92 Å². The predicted octanol–water partition coefficient (Wildman–Crippen LogP) is 2.27. The van der Waals surface area contributed by atoms with Crippen LogP contribution in [0.15, 0.2) is 28.7 Å². The Hall–Kier alpha value is -1.66. The van der Waals surface area contributed by atoms with Gasteiger partial charge in [0.2, 0.25) is 11.8 Å². The van der Waals surface area contributed by atoms with Crippen LogP contribution in [0.5, 0.6) is 0 Å². The first-order valence-corrected chi connectivity index (χ1v) is 7.50. The molecule has 1 saturated heterocycles. The third kappa shape index (κ3) is 2.81. The summed E-state index contributed by atoms with van der Waals surface area (Å²) in [5.41, 5.74) is 1.43. The fourth-order valence-corrected chi connectivity index (χ4v) is 2.41. The van der Waals surface area contributed by atoms with Gasteiger partial charge in [-0.25, -0.2) is 0 Å². The molecule has 1 fully saturated rings. The molecule has 0 amide bonds. The molecule has 1 aliphatic heterocycles. The van der Waals surface area contributed by atoms with E-state index in [9.17, 15) is 0 Å². The molecular weight excluding hydrogens is 279 g/mol. The van der Waals surface area contributed by atoms with Gasteiger partial charge in [0.15, 0.2) is 0 Å². The van der Waals surface area contributed by atoms with Crippen LogP contribution in [0.25, 0.3) is 0 Å². The van der Waals surface area contributed by atoms with Gasteiger partial charge in [0.25, 0.3) is 0 Å². The van der Waals surface area contributed by atoms with Crippen molar-refractivity contribution in [1.82, 2.24) is 10.2 Å². The summed E-state index contributed by atoms with van der Waals surface area (Å²) in [6.45, 7) is 10.0. The van der Waals surface area contributed by atoms with Crippen molar-refractivity contribution in [1.29, 1.82) is 0 Å². The number of benzene rings is 1. The first kappa shape index (κ1) is 15.2. The molecule has 0 N–H and O–H groups in total. The molecule has 0 aliphatic carbocycles. The van der Waals surface area contributed by atoms with Crippen LogP contribution in [0.2, 0.25) is 0 Å². The Kier molecular flexibility index (Phi) is 3.61. The number of hydrogen-bond donors (Lipinski definition) is 0. The maximum absolute atomic E-state index is 6.09. The number of aromatic nitrogens is 2. The zero-order valence-corrected chi connectivity index (χ0v) is 13.7. The second kappa shape index (κ2) is 5.21. The lowest BCUT2D eigenvalue weighted by Crippen LogP contribution is -2.41. The second-order valence-electron chi connectivity index (χ2n) is 6.72. The van der Waals surface area contributed by atoms with Gasteiger partial charge in [-0.1, -0.05) is 24.3 Å². The lowest BCUT2D eigenvalue weighted by atomic mass is 9.78. The van der Waals surface area contributed by atoms with Crippen molar-refractivity contribution in [2.75, 3.05) is 0 Å². The van der Waals surface area contributed by atoms with E-state index in [0.717, 1.165) is 11.0 Å². The Balaban J connectivity index is 1.80. The summed E-state index contributed by atoms with van der Waals surface area (Å²) in [4.78, 5) is 0.